The average Bonchev–Trinajstić information content (AvgIpc) is 3.09. The zero-order chi connectivity index (χ0) is 16.4. The monoisotopic (exact) mass is 314 g/mol. The first-order chi connectivity index (χ1) is 11.0. The Hall–Kier alpha value is -2.63. The minimum Gasteiger partial charge on any atom is -0.481 e. The Bertz CT molecular complexity index is 709. The van der Waals surface area contributed by atoms with Crippen molar-refractivity contribution in [2.45, 2.75) is 19.8 Å². The van der Waals surface area contributed by atoms with Gasteiger partial charge in [0.05, 0.1) is 11.6 Å². The molecule has 1 atom stereocenters. The second kappa shape index (κ2) is 5.87. The number of piperidine rings is 1. The third-order valence-corrected chi connectivity index (χ3v) is 4.35. The van der Waals surface area contributed by atoms with Crippen LogP contribution >= 0.6 is 0 Å². The molecule has 1 amide bonds. The Kier molecular flexibility index (Phi) is 3.90. The molecule has 0 bridgehead atoms. The third-order valence-electron chi connectivity index (χ3n) is 4.35. The van der Waals surface area contributed by atoms with Crippen LogP contribution in [0.1, 0.15) is 30.1 Å². The highest BCUT2D eigenvalue weighted by atomic mass is 16.4. The van der Waals surface area contributed by atoms with Crippen molar-refractivity contribution < 1.29 is 19.1 Å². The summed E-state index contributed by atoms with van der Waals surface area (Å²) in [7, 11) is 0. The van der Waals surface area contributed by atoms with Gasteiger partial charge in [-0.15, -0.1) is 0 Å². The SMILES string of the molecule is CC1(C(=O)O)CCCN(C(=O)c2ccc(-c3cnco3)cc2)C1. The largest absolute Gasteiger partial charge is 0.481 e. The fourth-order valence-electron chi connectivity index (χ4n) is 2.91. The van der Waals surface area contributed by atoms with E-state index < -0.39 is 11.4 Å². The van der Waals surface area contributed by atoms with Crippen LogP contribution < -0.4 is 0 Å². The van der Waals surface area contributed by atoms with E-state index in [1.54, 1.807) is 42.3 Å². The standard InChI is InChI=1S/C17H18N2O4/c1-17(16(21)22)7-2-8-19(10-17)15(20)13-5-3-12(4-6-13)14-9-18-11-23-14/h3-6,9,11H,2,7-8,10H2,1H3,(H,21,22). The molecule has 6 heteroatoms. The van der Waals surface area contributed by atoms with Crippen molar-refractivity contribution in [2.75, 3.05) is 13.1 Å². The summed E-state index contributed by atoms with van der Waals surface area (Å²) in [5.74, 6) is -0.350. The number of carbonyl (C=O) groups is 2. The van der Waals surface area contributed by atoms with Gasteiger partial charge in [0.1, 0.15) is 0 Å². The highest BCUT2D eigenvalue weighted by molar-refractivity contribution is 5.95. The number of likely N-dealkylation sites (tertiary alicyclic amines) is 1. The molecule has 1 aliphatic heterocycles. The summed E-state index contributed by atoms with van der Waals surface area (Å²) in [6.45, 7) is 2.53. The minimum absolute atomic E-state index is 0.138. The van der Waals surface area contributed by atoms with Gasteiger partial charge in [0.15, 0.2) is 12.2 Å². The molecule has 3 rings (SSSR count). The van der Waals surface area contributed by atoms with E-state index in [2.05, 4.69) is 4.98 Å². The van der Waals surface area contributed by atoms with Gasteiger partial charge in [-0.25, -0.2) is 4.98 Å². The van der Waals surface area contributed by atoms with Crippen molar-refractivity contribution in [2.24, 2.45) is 5.41 Å². The lowest BCUT2D eigenvalue weighted by atomic mass is 9.82. The van der Waals surface area contributed by atoms with Crippen LogP contribution in [0.5, 0.6) is 0 Å². The molecule has 1 fully saturated rings. The van der Waals surface area contributed by atoms with Gasteiger partial charge >= 0.3 is 5.97 Å². The smallest absolute Gasteiger partial charge is 0.311 e. The van der Waals surface area contributed by atoms with E-state index in [4.69, 9.17) is 4.42 Å². The molecule has 0 radical (unpaired) electrons. The molecule has 0 spiro atoms. The normalized spacial score (nSPS) is 21.2. The number of aromatic nitrogens is 1. The predicted octanol–water partition coefficient (Wildman–Crippen LogP) is 2.67. The molecule has 1 aliphatic rings. The van der Waals surface area contributed by atoms with E-state index in [-0.39, 0.29) is 12.5 Å². The van der Waals surface area contributed by atoms with Gasteiger partial charge in [-0.1, -0.05) is 12.1 Å². The maximum Gasteiger partial charge on any atom is 0.311 e. The lowest BCUT2D eigenvalue weighted by Crippen LogP contribution is -2.48. The van der Waals surface area contributed by atoms with Crippen LogP contribution in [0.4, 0.5) is 0 Å². The Balaban J connectivity index is 1.76. The first-order valence-electron chi connectivity index (χ1n) is 7.51. The number of oxazole rings is 1. The highest BCUT2D eigenvalue weighted by Crippen LogP contribution is 2.30. The molecular formula is C17H18N2O4. The topological polar surface area (TPSA) is 83.6 Å². The average molecular weight is 314 g/mol. The van der Waals surface area contributed by atoms with Crippen LogP contribution in [0.2, 0.25) is 0 Å². The lowest BCUT2D eigenvalue weighted by molar-refractivity contribution is -0.150. The summed E-state index contributed by atoms with van der Waals surface area (Å²) < 4.78 is 5.22. The van der Waals surface area contributed by atoms with Crippen LogP contribution in [0, 0.1) is 5.41 Å². The summed E-state index contributed by atoms with van der Waals surface area (Å²) in [6.07, 6.45) is 4.26. The van der Waals surface area contributed by atoms with Crippen molar-refractivity contribution >= 4 is 11.9 Å². The number of hydrogen-bond donors (Lipinski definition) is 1. The van der Waals surface area contributed by atoms with Gasteiger partial charge in [-0.05, 0) is 31.9 Å². The molecule has 2 aromatic rings. The number of amides is 1. The summed E-state index contributed by atoms with van der Waals surface area (Å²) in [4.78, 5) is 29.5. The minimum atomic E-state index is -0.867. The van der Waals surface area contributed by atoms with E-state index in [1.165, 1.54) is 6.39 Å². The van der Waals surface area contributed by atoms with Crippen molar-refractivity contribution in [3.8, 4) is 11.3 Å². The van der Waals surface area contributed by atoms with Crippen molar-refractivity contribution in [1.29, 1.82) is 0 Å². The number of rotatable bonds is 3. The molecular weight excluding hydrogens is 296 g/mol. The molecule has 0 saturated carbocycles. The van der Waals surface area contributed by atoms with E-state index >= 15 is 0 Å². The number of hydrogen-bond acceptors (Lipinski definition) is 4. The molecule has 6 nitrogen and oxygen atoms in total. The van der Waals surface area contributed by atoms with E-state index in [0.717, 1.165) is 5.56 Å². The second-order valence-electron chi connectivity index (χ2n) is 6.14. The zero-order valence-electron chi connectivity index (χ0n) is 12.9. The Morgan fingerprint density at radius 2 is 2.04 bits per heavy atom. The van der Waals surface area contributed by atoms with Gasteiger partial charge in [-0.3, -0.25) is 9.59 Å². The fraction of sp³-hybridized carbons (Fsp3) is 0.353. The van der Waals surface area contributed by atoms with Crippen LogP contribution in [0.15, 0.2) is 41.3 Å². The van der Waals surface area contributed by atoms with Gasteiger partial charge in [0, 0.05) is 24.2 Å². The quantitative estimate of drug-likeness (QED) is 0.941. The summed E-state index contributed by atoms with van der Waals surface area (Å²) in [5.41, 5.74) is 0.518. The van der Waals surface area contributed by atoms with Crippen LogP contribution in [-0.4, -0.2) is 40.0 Å². The highest BCUT2D eigenvalue weighted by Gasteiger charge is 2.39. The molecule has 1 aromatic carbocycles. The lowest BCUT2D eigenvalue weighted by Gasteiger charge is -2.37. The first-order valence-corrected chi connectivity index (χ1v) is 7.51. The number of carboxylic acid groups (broad SMARTS) is 1. The van der Waals surface area contributed by atoms with E-state index in [0.29, 0.717) is 30.7 Å². The second-order valence-corrected chi connectivity index (χ2v) is 6.14. The number of aliphatic carboxylic acids is 1. The summed E-state index contributed by atoms with van der Waals surface area (Å²) in [5, 5.41) is 9.36. The van der Waals surface area contributed by atoms with Gasteiger partial charge < -0.3 is 14.4 Å². The van der Waals surface area contributed by atoms with Gasteiger partial charge in [0.2, 0.25) is 0 Å². The molecule has 1 saturated heterocycles. The molecule has 23 heavy (non-hydrogen) atoms. The van der Waals surface area contributed by atoms with Crippen molar-refractivity contribution in [3.05, 3.63) is 42.4 Å². The maximum absolute atomic E-state index is 12.6. The first kappa shape index (κ1) is 15.3. The van der Waals surface area contributed by atoms with Crippen LogP contribution in [0.3, 0.4) is 0 Å². The van der Waals surface area contributed by atoms with Crippen LogP contribution in [-0.2, 0) is 4.79 Å². The molecule has 2 heterocycles. The molecule has 0 aliphatic carbocycles. The summed E-state index contributed by atoms with van der Waals surface area (Å²) >= 11 is 0. The van der Waals surface area contributed by atoms with E-state index in [9.17, 15) is 14.7 Å². The number of benzene rings is 1. The van der Waals surface area contributed by atoms with Crippen LogP contribution in [0.25, 0.3) is 11.3 Å². The predicted molar refractivity (Wildman–Crippen MR) is 82.8 cm³/mol. The number of carboxylic acids is 1. The zero-order valence-corrected chi connectivity index (χ0v) is 12.9. The van der Waals surface area contributed by atoms with Crippen molar-refractivity contribution in [1.82, 2.24) is 9.88 Å². The third kappa shape index (κ3) is 2.97. The summed E-state index contributed by atoms with van der Waals surface area (Å²) in [6, 6.07) is 7.06. The van der Waals surface area contributed by atoms with Crippen molar-refractivity contribution in [3.63, 3.8) is 0 Å². The molecule has 120 valence electrons. The molecule has 1 unspecified atom stereocenters. The Morgan fingerprint density at radius 1 is 1.30 bits per heavy atom. The van der Waals surface area contributed by atoms with Gasteiger partial charge in [-0.2, -0.15) is 0 Å². The molecule has 1 aromatic heterocycles. The Morgan fingerprint density at radius 3 is 2.65 bits per heavy atom. The maximum atomic E-state index is 12.6. The molecule has 1 N–H and O–H groups in total. The number of nitrogens with zero attached hydrogens (tertiary/aromatic N) is 2. The van der Waals surface area contributed by atoms with Gasteiger partial charge in [0.25, 0.3) is 5.91 Å². The van der Waals surface area contributed by atoms with E-state index in [1.807, 2.05) is 0 Å². The fourth-order valence-corrected chi connectivity index (χ4v) is 2.91. The Labute approximate surface area is 133 Å². The number of carbonyl (C=O) groups excluding carboxylic acids is 1.